The number of rotatable bonds is 1. The van der Waals surface area contributed by atoms with Crippen molar-refractivity contribution < 1.29 is 0 Å². The number of benzene rings is 1. The van der Waals surface area contributed by atoms with Crippen LogP contribution in [-0.4, -0.2) is 5.71 Å². The smallest absolute Gasteiger partial charge is 0.0629 e. The molecule has 1 aromatic carbocycles. The number of aliphatic imine (C=N–C) groups is 1. The van der Waals surface area contributed by atoms with Gasteiger partial charge in [-0.15, -0.1) is 0 Å². The molecule has 0 radical (unpaired) electrons. The van der Waals surface area contributed by atoms with Gasteiger partial charge >= 0.3 is 0 Å². The van der Waals surface area contributed by atoms with Crippen LogP contribution < -0.4 is 0 Å². The van der Waals surface area contributed by atoms with Gasteiger partial charge in [0.2, 0.25) is 0 Å². The first kappa shape index (κ1) is 12.3. The first-order valence-corrected chi connectivity index (χ1v) is 6.57. The molecule has 1 aliphatic carbocycles. The molecule has 1 heteroatoms. The molecule has 2 rings (SSSR count). The molecule has 92 valence electrons. The van der Waals surface area contributed by atoms with Crippen molar-refractivity contribution in [3.63, 3.8) is 0 Å². The van der Waals surface area contributed by atoms with Crippen molar-refractivity contribution in [1.82, 2.24) is 0 Å². The SMILES string of the molecule is CC1(C)CCCC(C)(C)C1=Nc1ccccc1. The molecule has 17 heavy (non-hydrogen) atoms. The highest BCUT2D eigenvalue weighted by molar-refractivity contribution is 5.96. The summed E-state index contributed by atoms with van der Waals surface area (Å²) < 4.78 is 0. The Morgan fingerprint density at radius 1 is 0.882 bits per heavy atom. The van der Waals surface area contributed by atoms with Gasteiger partial charge in [-0.1, -0.05) is 52.3 Å². The maximum absolute atomic E-state index is 4.94. The molecule has 0 bridgehead atoms. The van der Waals surface area contributed by atoms with Crippen molar-refractivity contribution in [3.05, 3.63) is 30.3 Å². The van der Waals surface area contributed by atoms with Crippen LogP contribution in [0.15, 0.2) is 35.3 Å². The Labute approximate surface area is 105 Å². The molecule has 0 aromatic heterocycles. The molecule has 0 aliphatic heterocycles. The van der Waals surface area contributed by atoms with Crippen LogP contribution >= 0.6 is 0 Å². The summed E-state index contributed by atoms with van der Waals surface area (Å²) in [6.07, 6.45) is 3.82. The second-order valence-corrected chi connectivity index (χ2v) is 6.42. The Balaban J connectivity index is 2.42. The predicted octanol–water partition coefficient (Wildman–Crippen LogP) is 5.00. The molecule has 1 aromatic rings. The minimum atomic E-state index is 0.234. The molecule has 0 unspecified atom stereocenters. The van der Waals surface area contributed by atoms with Crippen molar-refractivity contribution >= 4 is 11.4 Å². The third-order valence-electron chi connectivity index (χ3n) is 3.88. The number of hydrogen-bond acceptors (Lipinski definition) is 1. The first-order valence-electron chi connectivity index (χ1n) is 6.57. The molecule has 1 aliphatic rings. The van der Waals surface area contributed by atoms with Gasteiger partial charge in [-0.05, 0) is 25.0 Å². The van der Waals surface area contributed by atoms with Crippen molar-refractivity contribution in [2.24, 2.45) is 15.8 Å². The van der Waals surface area contributed by atoms with Crippen LogP contribution in [0.4, 0.5) is 5.69 Å². The van der Waals surface area contributed by atoms with Crippen LogP contribution in [0.25, 0.3) is 0 Å². The van der Waals surface area contributed by atoms with Crippen LogP contribution in [0.1, 0.15) is 47.0 Å². The monoisotopic (exact) mass is 229 g/mol. The van der Waals surface area contributed by atoms with Crippen LogP contribution in [0, 0.1) is 10.8 Å². The number of nitrogens with zero attached hydrogens (tertiary/aromatic N) is 1. The minimum Gasteiger partial charge on any atom is -0.257 e. The fourth-order valence-corrected chi connectivity index (χ4v) is 3.06. The third kappa shape index (κ3) is 2.59. The summed E-state index contributed by atoms with van der Waals surface area (Å²) in [5.41, 5.74) is 2.92. The quantitative estimate of drug-likeness (QED) is 0.643. The molecule has 1 fully saturated rings. The van der Waals surface area contributed by atoms with E-state index in [1.165, 1.54) is 25.0 Å². The zero-order valence-corrected chi connectivity index (χ0v) is 11.5. The maximum atomic E-state index is 4.94. The summed E-state index contributed by atoms with van der Waals surface area (Å²) in [6, 6.07) is 10.3. The zero-order valence-electron chi connectivity index (χ0n) is 11.5. The van der Waals surface area contributed by atoms with E-state index in [4.69, 9.17) is 4.99 Å². The Kier molecular flexibility index (Phi) is 3.11. The lowest BCUT2D eigenvalue weighted by Crippen LogP contribution is -2.40. The second-order valence-electron chi connectivity index (χ2n) is 6.42. The molecule has 0 N–H and O–H groups in total. The molecule has 1 saturated carbocycles. The van der Waals surface area contributed by atoms with E-state index in [2.05, 4.69) is 52.0 Å². The van der Waals surface area contributed by atoms with Crippen molar-refractivity contribution in [2.75, 3.05) is 0 Å². The standard InChI is InChI=1S/C16H23N/c1-15(2)11-8-12-16(3,4)14(15)17-13-9-6-5-7-10-13/h5-7,9-10H,8,11-12H2,1-4H3. The fraction of sp³-hybridized carbons (Fsp3) is 0.562. The van der Waals surface area contributed by atoms with Gasteiger partial charge in [0.15, 0.2) is 0 Å². The van der Waals surface area contributed by atoms with Gasteiger partial charge in [-0.3, -0.25) is 4.99 Å². The number of para-hydroxylation sites is 1. The summed E-state index contributed by atoms with van der Waals surface area (Å²) in [7, 11) is 0. The Morgan fingerprint density at radius 2 is 1.41 bits per heavy atom. The predicted molar refractivity (Wildman–Crippen MR) is 75.0 cm³/mol. The Morgan fingerprint density at radius 3 is 1.94 bits per heavy atom. The average Bonchev–Trinajstić information content (AvgIpc) is 2.25. The van der Waals surface area contributed by atoms with Gasteiger partial charge in [-0.2, -0.15) is 0 Å². The summed E-state index contributed by atoms with van der Waals surface area (Å²) >= 11 is 0. The molecule has 0 saturated heterocycles. The molecular formula is C16H23N. The van der Waals surface area contributed by atoms with Crippen LogP contribution in [0.2, 0.25) is 0 Å². The molecule has 1 nitrogen and oxygen atoms in total. The highest BCUT2D eigenvalue weighted by Crippen LogP contribution is 2.44. The Bertz CT molecular complexity index is 394. The normalized spacial score (nSPS) is 22.2. The summed E-state index contributed by atoms with van der Waals surface area (Å²) in [5, 5.41) is 0. The Hall–Kier alpha value is -1.11. The van der Waals surface area contributed by atoms with E-state index in [0.29, 0.717) is 0 Å². The maximum Gasteiger partial charge on any atom is 0.0629 e. The molecule has 0 atom stereocenters. The highest BCUT2D eigenvalue weighted by atomic mass is 14.8. The third-order valence-corrected chi connectivity index (χ3v) is 3.88. The number of hydrogen-bond donors (Lipinski definition) is 0. The van der Waals surface area contributed by atoms with E-state index < -0.39 is 0 Å². The zero-order chi connectivity index (χ0) is 12.5. The van der Waals surface area contributed by atoms with E-state index in [9.17, 15) is 0 Å². The summed E-state index contributed by atoms with van der Waals surface area (Å²) in [6.45, 7) is 9.32. The molecular weight excluding hydrogens is 206 g/mol. The van der Waals surface area contributed by atoms with Gasteiger partial charge in [0, 0.05) is 16.5 Å². The van der Waals surface area contributed by atoms with Gasteiger partial charge in [0.1, 0.15) is 0 Å². The summed E-state index contributed by atoms with van der Waals surface area (Å²) in [5.74, 6) is 0. The molecule has 0 spiro atoms. The lowest BCUT2D eigenvalue weighted by Gasteiger charge is -2.42. The average molecular weight is 229 g/mol. The van der Waals surface area contributed by atoms with E-state index in [1.54, 1.807) is 0 Å². The summed E-state index contributed by atoms with van der Waals surface area (Å²) in [4.78, 5) is 4.94. The molecule has 0 amide bonds. The lowest BCUT2D eigenvalue weighted by molar-refractivity contribution is 0.302. The van der Waals surface area contributed by atoms with Crippen molar-refractivity contribution in [2.45, 2.75) is 47.0 Å². The fourth-order valence-electron chi connectivity index (χ4n) is 3.06. The van der Waals surface area contributed by atoms with E-state index >= 15 is 0 Å². The lowest BCUT2D eigenvalue weighted by atomic mass is 9.63. The topological polar surface area (TPSA) is 12.4 Å². The van der Waals surface area contributed by atoms with Gasteiger partial charge in [0.25, 0.3) is 0 Å². The van der Waals surface area contributed by atoms with Crippen LogP contribution in [0.3, 0.4) is 0 Å². The second kappa shape index (κ2) is 4.29. The van der Waals surface area contributed by atoms with E-state index in [0.717, 1.165) is 5.69 Å². The minimum absolute atomic E-state index is 0.234. The first-order chi connectivity index (χ1) is 7.92. The van der Waals surface area contributed by atoms with Crippen LogP contribution in [0.5, 0.6) is 0 Å². The largest absolute Gasteiger partial charge is 0.257 e. The highest BCUT2D eigenvalue weighted by Gasteiger charge is 2.40. The van der Waals surface area contributed by atoms with Gasteiger partial charge in [0.05, 0.1) is 5.69 Å². The van der Waals surface area contributed by atoms with Crippen molar-refractivity contribution in [3.8, 4) is 0 Å². The van der Waals surface area contributed by atoms with Crippen LogP contribution in [-0.2, 0) is 0 Å². The van der Waals surface area contributed by atoms with E-state index in [1.807, 2.05) is 6.07 Å². The van der Waals surface area contributed by atoms with Gasteiger partial charge < -0.3 is 0 Å². The van der Waals surface area contributed by atoms with Gasteiger partial charge in [-0.25, -0.2) is 0 Å². The van der Waals surface area contributed by atoms with E-state index in [-0.39, 0.29) is 10.8 Å². The molecule has 0 heterocycles. The van der Waals surface area contributed by atoms with Crippen molar-refractivity contribution in [1.29, 1.82) is 0 Å².